The van der Waals surface area contributed by atoms with Crippen molar-refractivity contribution in [3.05, 3.63) is 0 Å². The monoisotopic (exact) mass is 216 g/mol. The fourth-order valence-electron chi connectivity index (χ4n) is 1.82. The highest BCUT2D eigenvalue weighted by Crippen LogP contribution is 2.26. The minimum absolute atomic E-state index is 0.113. The molecular weight excluding hydrogens is 196 g/mol. The first-order valence-electron chi connectivity index (χ1n) is 5.50. The molecule has 1 saturated carbocycles. The number of carbonyl (C=O) groups is 1. The molecule has 0 saturated heterocycles. The van der Waals surface area contributed by atoms with Crippen LogP contribution in [0.5, 0.6) is 0 Å². The number of hydrogen-bond acceptors (Lipinski definition) is 3. The van der Waals surface area contributed by atoms with Crippen LogP contribution in [0.4, 0.5) is 0 Å². The van der Waals surface area contributed by atoms with Crippen molar-refractivity contribution in [3.63, 3.8) is 0 Å². The molecule has 0 aromatic heterocycles. The third kappa shape index (κ3) is 4.18. The lowest BCUT2D eigenvalue weighted by Gasteiger charge is -2.27. The second-order valence-electron chi connectivity index (χ2n) is 4.19. The number of carboxylic acids is 1. The van der Waals surface area contributed by atoms with Gasteiger partial charge in [0.2, 0.25) is 0 Å². The Hall–Kier alpha value is -0.610. The molecule has 15 heavy (non-hydrogen) atoms. The van der Waals surface area contributed by atoms with Crippen LogP contribution in [0, 0.1) is 5.92 Å². The maximum Gasteiger partial charge on any atom is 0.306 e. The van der Waals surface area contributed by atoms with Gasteiger partial charge in [0.25, 0.3) is 0 Å². The Labute approximate surface area is 90.6 Å². The van der Waals surface area contributed by atoms with Crippen molar-refractivity contribution in [1.29, 1.82) is 0 Å². The molecule has 4 nitrogen and oxygen atoms in total. The van der Waals surface area contributed by atoms with Crippen LogP contribution in [-0.2, 0) is 14.3 Å². The summed E-state index contributed by atoms with van der Waals surface area (Å²) in [6.07, 6.45) is 3.52. The number of ether oxygens (including phenoxy) is 2. The van der Waals surface area contributed by atoms with E-state index in [0.717, 1.165) is 25.7 Å². The van der Waals surface area contributed by atoms with Crippen molar-refractivity contribution in [2.24, 2.45) is 5.92 Å². The predicted octanol–water partition coefficient (Wildman–Crippen LogP) is 1.68. The maximum absolute atomic E-state index is 10.7. The molecule has 4 heteroatoms. The van der Waals surface area contributed by atoms with Crippen LogP contribution in [0.1, 0.15) is 32.6 Å². The number of methoxy groups -OCH3 is 1. The van der Waals surface area contributed by atoms with Crippen LogP contribution < -0.4 is 0 Å². The van der Waals surface area contributed by atoms with Crippen molar-refractivity contribution in [3.8, 4) is 0 Å². The first-order valence-corrected chi connectivity index (χ1v) is 5.50. The molecule has 88 valence electrons. The van der Waals surface area contributed by atoms with E-state index in [1.165, 1.54) is 0 Å². The third-order valence-corrected chi connectivity index (χ3v) is 2.99. The second kappa shape index (κ2) is 6.08. The average Bonchev–Trinajstić information content (AvgIpc) is 2.26. The molecule has 1 rings (SSSR count). The van der Waals surface area contributed by atoms with Gasteiger partial charge in [-0.2, -0.15) is 0 Å². The Morgan fingerprint density at radius 3 is 2.47 bits per heavy atom. The summed E-state index contributed by atoms with van der Waals surface area (Å²) in [5.74, 6) is -0.830. The highest BCUT2D eigenvalue weighted by atomic mass is 16.5. The molecule has 1 atom stereocenters. The molecule has 0 aromatic rings. The normalized spacial score (nSPS) is 28.7. The summed E-state index contributed by atoms with van der Waals surface area (Å²) in [6.45, 7) is 2.56. The molecule has 0 spiro atoms. The largest absolute Gasteiger partial charge is 0.481 e. The first-order chi connectivity index (χ1) is 7.13. The van der Waals surface area contributed by atoms with Gasteiger partial charge in [-0.1, -0.05) is 0 Å². The summed E-state index contributed by atoms with van der Waals surface area (Å²) >= 11 is 0. The summed E-state index contributed by atoms with van der Waals surface area (Å²) in [4.78, 5) is 10.7. The van der Waals surface area contributed by atoms with Gasteiger partial charge in [-0.05, 0) is 32.6 Å². The first kappa shape index (κ1) is 12.5. The Morgan fingerprint density at radius 1 is 1.40 bits per heavy atom. The topological polar surface area (TPSA) is 55.8 Å². The zero-order valence-corrected chi connectivity index (χ0v) is 9.44. The van der Waals surface area contributed by atoms with Crippen LogP contribution >= 0.6 is 0 Å². The zero-order valence-electron chi connectivity index (χ0n) is 9.44. The summed E-state index contributed by atoms with van der Waals surface area (Å²) in [6, 6.07) is 0. The van der Waals surface area contributed by atoms with Gasteiger partial charge in [-0.25, -0.2) is 0 Å². The molecule has 0 aromatic carbocycles. The van der Waals surface area contributed by atoms with Crippen molar-refractivity contribution >= 4 is 5.97 Å². The molecule has 1 unspecified atom stereocenters. The van der Waals surface area contributed by atoms with E-state index in [-0.39, 0.29) is 18.1 Å². The van der Waals surface area contributed by atoms with Crippen molar-refractivity contribution < 1.29 is 19.4 Å². The second-order valence-corrected chi connectivity index (χ2v) is 4.19. The lowest BCUT2D eigenvalue weighted by Crippen LogP contribution is -2.28. The van der Waals surface area contributed by atoms with E-state index in [0.29, 0.717) is 6.61 Å². The van der Waals surface area contributed by atoms with Gasteiger partial charge in [-0.3, -0.25) is 4.79 Å². The lowest BCUT2D eigenvalue weighted by atomic mass is 9.87. The Balaban J connectivity index is 2.17. The molecule has 1 aliphatic rings. The van der Waals surface area contributed by atoms with Gasteiger partial charge in [-0.15, -0.1) is 0 Å². The molecule has 1 fully saturated rings. The SMILES string of the molecule is COC(C)COC1CCC(C(=O)O)CC1. The maximum atomic E-state index is 10.7. The van der Waals surface area contributed by atoms with Crippen LogP contribution in [-0.4, -0.2) is 37.0 Å². The average molecular weight is 216 g/mol. The summed E-state index contributed by atoms with van der Waals surface area (Å²) in [7, 11) is 1.66. The summed E-state index contributed by atoms with van der Waals surface area (Å²) in [5, 5.41) is 8.82. The van der Waals surface area contributed by atoms with Crippen LogP contribution in [0.3, 0.4) is 0 Å². The van der Waals surface area contributed by atoms with E-state index >= 15 is 0 Å². The van der Waals surface area contributed by atoms with Crippen molar-refractivity contribution in [2.45, 2.75) is 44.8 Å². The van der Waals surface area contributed by atoms with Gasteiger partial charge in [0.15, 0.2) is 0 Å². The minimum atomic E-state index is -0.668. The molecule has 1 aliphatic carbocycles. The summed E-state index contributed by atoms with van der Waals surface area (Å²) < 4.78 is 10.7. The third-order valence-electron chi connectivity index (χ3n) is 2.99. The number of rotatable bonds is 5. The lowest BCUT2D eigenvalue weighted by molar-refractivity contribution is -0.144. The zero-order chi connectivity index (χ0) is 11.3. The summed E-state index contributed by atoms with van der Waals surface area (Å²) in [5.41, 5.74) is 0. The molecule has 0 aliphatic heterocycles. The Morgan fingerprint density at radius 2 is 2.00 bits per heavy atom. The van der Waals surface area contributed by atoms with E-state index in [1.54, 1.807) is 7.11 Å². The van der Waals surface area contributed by atoms with E-state index < -0.39 is 5.97 Å². The Bertz CT molecular complexity index is 197. The Kier molecular flexibility index (Phi) is 5.05. The van der Waals surface area contributed by atoms with Crippen LogP contribution in [0.15, 0.2) is 0 Å². The molecule has 0 amide bonds. The fourth-order valence-corrected chi connectivity index (χ4v) is 1.82. The number of aliphatic carboxylic acids is 1. The molecule has 0 radical (unpaired) electrons. The number of hydrogen-bond donors (Lipinski definition) is 1. The smallest absolute Gasteiger partial charge is 0.306 e. The molecule has 0 heterocycles. The predicted molar refractivity (Wildman–Crippen MR) is 55.8 cm³/mol. The van der Waals surface area contributed by atoms with Crippen LogP contribution in [0.2, 0.25) is 0 Å². The van der Waals surface area contributed by atoms with Gasteiger partial charge < -0.3 is 14.6 Å². The van der Waals surface area contributed by atoms with Gasteiger partial charge in [0.1, 0.15) is 0 Å². The van der Waals surface area contributed by atoms with Gasteiger partial charge >= 0.3 is 5.97 Å². The highest BCUT2D eigenvalue weighted by molar-refractivity contribution is 5.69. The quantitative estimate of drug-likeness (QED) is 0.759. The van der Waals surface area contributed by atoms with E-state index in [2.05, 4.69) is 0 Å². The standard InChI is InChI=1S/C11H20O4/c1-8(14-2)7-15-10-5-3-9(4-6-10)11(12)13/h8-10H,3-7H2,1-2H3,(H,12,13). The highest BCUT2D eigenvalue weighted by Gasteiger charge is 2.26. The fraction of sp³-hybridized carbons (Fsp3) is 0.909. The van der Waals surface area contributed by atoms with Gasteiger partial charge in [0, 0.05) is 7.11 Å². The van der Waals surface area contributed by atoms with Gasteiger partial charge in [0.05, 0.1) is 24.7 Å². The molecular formula is C11H20O4. The van der Waals surface area contributed by atoms with Crippen molar-refractivity contribution in [2.75, 3.05) is 13.7 Å². The minimum Gasteiger partial charge on any atom is -0.481 e. The molecule has 1 N–H and O–H groups in total. The van der Waals surface area contributed by atoms with Crippen LogP contribution in [0.25, 0.3) is 0 Å². The van der Waals surface area contributed by atoms with E-state index in [4.69, 9.17) is 14.6 Å². The number of carboxylic acid groups (broad SMARTS) is 1. The van der Waals surface area contributed by atoms with Crippen molar-refractivity contribution in [1.82, 2.24) is 0 Å². The van der Waals surface area contributed by atoms with E-state index in [9.17, 15) is 4.79 Å². The molecule has 0 bridgehead atoms. The van der Waals surface area contributed by atoms with E-state index in [1.807, 2.05) is 6.92 Å².